The Balaban J connectivity index is 2.92. The molecule has 0 saturated carbocycles. The van der Waals surface area contributed by atoms with E-state index >= 15 is 0 Å². The van der Waals surface area contributed by atoms with Gasteiger partial charge in [0.1, 0.15) is 0 Å². The van der Waals surface area contributed by atoms with Crippen LogP contribution in [0.4, 0.5) is 0 Å². The van der Waals surface area contributed by atoms with Crippen LogP contribution in [0.1, 0.15) is 20.8 Å². The molecule has 50 valence electrons. The molecule has 0 amide bonds. The van der Waals surface area contributed by atoms with Crippen molar-refractivity contribution in [3.05, 3.63) is 23.4 Å². The predicted octanol–water partition coefficient (Wildman–Crippen LogP) is 1.83. The van der Waals surface area contributed by atoms with Crippen LogP contribution in [-0.4, -0.2) is 6.04 Å². The van der Waals surface area contributed by atoms with Crippen LogP contribution >= 0.6 is 0 Å². The molecule has 1 N–H and O–H groups in total. The van der Waals surface area contributed by atoms with Crippen LogP contribution in [0.25, 0.3) is 0 Å². The van der Waals surface area contributed by atoms with Gasteiger partial charge in [0.2, 0.25) is 0 Å². The van der Waals surface area contributed by atoms with Crippen molar-refractivity contribution in [2.75, 3.05) is 0 Å². The quantitative estimate of drug-likeness (QED) is 0.518. The zero-order valence-corrected chi connectivity index (χ0v) is 6.28. The summed E-state index contributed by atoms with van der Waals surface area (Å²) in [5, 5.41) is 3.25. The average Bonchev–Trinajstić information content (AvgIpc) is 1.98. The van der Waals surface area contributed by atoms with Crippen molar-refractivity contribution >= 4 is 0 Å². The van der Waals surface area contributed by atoms with Gasteiger partial charge in [0.25, 0.3) is 0 Å². The lowest BCUT2D eigenvalue weighted by Gasteiger charge is -2.03. The molecular formula is C8H13N. The Bertz CT molecular complexity index is 177. The molecule has 1 unspecified atom stereocenters. The fourth-order valence-corrected chi connectivity index (χ4v) is 1.04. The second-order valence-corrected chi connectivity index (χ2v) is 2.65. The molecule has 0 radical (unpaired) electrons. The molecule has 0 spiro atoms. The van der Waals surface area contributed by atoms with Crippen molar-refractivity contribution < 1.29 is 0 Å². The maximum Gasteiger partial charge on any atom is 0.0448 e. The third kappa shape index (κ3) is 0.869. The minimum Gasteiger partial charge on any atom is -0.379 e. The van der Waals surface area contributed by atoms with Crippen LogP contribution in [0.5, 0.6) is 0 Å². The average molecular weight is 123 g/mol. The minimum atomic E-state index is 0.498. The summed E-state index contributed by atoms with van der Waals surface area (Å²) in [5.74, 6) is 0. The molecule has 0 aromatic carbocycles. The Hall–Kier alpha value is -0.720. The Kier molecular flexibility index (Phi) is 1.35. The van der Waals surface area contributed by atoms with E-state index in [0.717, 1.165) is 5.70 Å². The highest BCUT2D eigenvalue weighted by Gasteiger charge is 2.16. The maximum atomic E-state index is 3.87. The molecule has 1 aliphatic rings. The zero-order chi connectivity index (χ0) is 7.02. The zero-order valence-electron chi connectivity index (χ0n) is 6.28. The van der Waals surface area contributed by atoms with Crippen molar-refractivity contribution in [2.45, 2.75) is 26.8 Å². The molecule has 1 rings (SSSR count). The number of rotatable bonds is 0. The van der Waals surface area contributed by atoms with Gasteiger partial charge in [-0.2, -0.15) is 0 Å². The third-order valence-electron chi connectivity index (χ3n) is 2.08. The van der Waals surface area contributed by atoms with Crippen LogP contribution in [0, 0.1) is 0 Å². The first-order valence-electron chi connectivity index (χ1n) is 3.26. The smallest absolute Gasteiger partial charge is 0.0448 e. The van der Waals surface area contributed by atoms with E-state index in [2.05, 4.69) is 32.7 Å². The SMILES string of the molecule is C=C1NC(C)C(C)=C1C. The summed E-state index contributed by atoms with van der Waals surface area (Å²) >= 11 is 0. The van der Waals surface area contributed by atoms with Crippen molar-refractivity contribution in [2.24, 2.45) is 0 Å². The van der Waals surface area contributed by atoms with Crippen LogP contribution < -0.4 is 5.32 Å². The summed E-state index contributed by atoms with van der Waals surface area (Å²) in [6, 6.07) is 0.498. The second-order valence-electron chi connectivity index (χ2n) is 2.65. The van der Waals surface area contributed by atoms with Gasteiger partial charge in [-0.1, -0.05) is 6.58 Å². The van der Waals surface area contributed by atoms with E-state index < -0.39 is 0 Å². The van der Waals surface area contributed by atoms with Gasteiger partial charge in [0.15, 0.2) is 0 Å². The molecular weight excluding hydrogens is 110 g/mol. The molecule has 1 heterocycles. The molecule has 1 heteroatoms. The predicted molar refractivity (Wildman–Crippen MR) is 40.1 cm³/mol. The molecule has 0 saturated heterocycles. The van der Waals surface area contributed by atoms with E-state index in [4.69, 9.17) is 0 Å². The van der Waals surface area contributed by atoms with Gasteiger partial charge >= 0.3 is 0 Å². The van der Waals surface area contributed by atoms with Gasteiger partial charge in [0, 0.05) is 11.7 Å². The van der Waals surface area contributed by atoms with Crippen molar-refractivity contribution in [3.8, 4) is 0 Å². The minimum absolute atomic E-state index is 0.498. The Morgan fingerprint density at radius 3 is 2.11 bits per heavy atom. The molecule has 1 nitrogen and oxygen atoms in total. The van der Waals surface area contributed by atoms with Crippen LogP contribution in [0.2, 0.25) is 0 Å². The standard InChI is InChI=1S/C8H13N/c1-5-6(2)8(4)9-7(5)3/h8-9H,3H2,1-2,4H3. The summed E-state index contributed by atoms with van der Waals surface area (Å²) in [6.45, 7) is 10.3. The van der Waals surface area contributed by atoms with E-state index in [1.54, 1.807) is 0 Å². The lowest BCUT2D eigenvalue weighted by Crippen LogP contribution is -2.18. The second kappa shape index (κ2) is 1.90. The maximum absolute atomic E-state index is 3.87. The molecule has 0 fully saturated rings. The van der Waals surface area contributed by atoms with E-state index in [9.17, 15) is 0 Å². The highest BCUT2D eigenvalue weighted by atomic mass is 14.9. The summed E-state index contributed by atoms with van der Waals surface area (Å²) in [4.78, 5) is 0. The van der Waals surface area contributed by atoms with Crippen molar-refractivity contribution in [1.82, 2.24) is 5.32 Å². The Morgan fingerprint density at radius 1 is 1.44 bits per heavy atom. The van der Waals surface area contributed by atoms with Gasteiger partial charge in [-0.15, -0.1) is 0 Å². The monoisotopic (exact) mass is 123 g/mol. The highest BCUT2D eigenvalue weighted by Crippen LogP contribution is 2.21. The van der Waals surface area contributed by atoms with Gasteiger partial charge in [-0.05, 0) is 31.9 Å². The number of allylic oxidation sites excluding steroid dienone is 1. The molecule has 1 atom stereocenters. The molecule has 0 bridgehead atoms. The number of nitrogens with one attached hydrogen (secondary N) is 1. The molecule has 9 heavy (non-hydrogen) atoms. The Labute approximate surface area is 56.5 Å². The first-order chi connectivity index (χ1) is 4.13. The van der Waals surface area contributed by atoms with Gasteiger partial charge in [0.05, 0.1) is 0 Å². The first-order valence-corrected chi connectivity index (χ1v) is 3.26. The van der Waals surface area contributed by atoms with Crippen LogP contribution in [-0.2, 0) is 0 Å². The first kappa shape index (κ1) is 6.40. The summed E-state index contributed by atoms with van der Waals surface area (Å²) in [5.41, 5.74) is 3.82. The molecule has 1 aliphatic heterocycles. The van der Waals surface area contributed by atoms with Crippen LogP contribution in [0.3, 0.4) is 0 Å². The fraction of sp³-hybridized carbons (Fsp3) is 0.500. The lowest BCUT2D eigenvalue weighted by molar-refractivity contribution is 0.746. The van der Waals surface area contributed by atoms with E-state index in [0.29, 0.717) is 6.04 Å². The molecule has 0 aliphatic carbocycles. The summed E-state index contributed by atoms with van der Waals surface area (Å²) in [7, 11) is 0. The van der Waals surface area contributed by atoms with Crippen molar-refractivity contribution in [1.29, 1.82) is 0 Å². The van der Waals surface area contributed by atoms with E-state index in [1.165, 1.54) is 11.1 Å². The van der Waals surface area contributed by atoms with Gasteiger partial charge in [-0.25, -0.2) is 0 Å². The Morgan fingerprint density at radius 2 is 2.00 bits per heavy atom. The molecule has 0 aromatic rings. The number of hydrogen-bond donors (Lipinski definition) is 1. The largest absolute Gasteiger partial charge is 0.379 e. The van der Waals surface area contributed by atoms with Gasteiger partial charge in [-0.3, -0.25) is 0 Å². The molecule has 0 aromatic heterocycles. The topological polar surface area (TPSA) is 12.0 Å². The third-order valence-corrected chi connectivity index (χ3v) is 2.08. The lowest BCUT2D eigenvalue weighted by atomic mass is 10.1. The van der Waals surface area contributed by atoms with Crippen LogP contribution in [0.15, 0.2) is 23.4 Å². The summed E-state index contributed by atoms with van der Waals surface area (Å²) < 4.78 is 0. The normalized spacial score (nSPS) is 27.0. The van der Waals surface area contributed by atoms with E-state index in [1.807, 2.05) is 0 Å². The fourth-order valence-electron chi connectivity index (χ4n) is 1.04. The van der Waals surface area contributed by atoms with Crippen molar-refractivity contribution in [3.63, 3.8) is 0 Å². The number of hydrogen-bond acceptors (Lipinski definition) is 1. The van der Waals surface area contributed by atoms with E-state index in [-0.39, 0.29) is 0 Å². The summed E-state index contributed by atoms with van der Waals surface area (Å²) in [6.07, 6.45) is 0. The van der Waals surface area contributed by atoms with Gasteiger partial charge < -0.3 is 5.32 Å². The highest BCUT2D eigenvalue weighted by molar-refractivity contribution is 5.38.